The molecule has 3 N–H and O–H groups in total. The van der Waals surface area contributed by atoms with Gasteiger partial charge in [0.05, 0.1) is 12.5 Å². The summed E-state index contributed by atoms with van der Waals surface area (Å²) in [5.41, 5.74) is 2.08. The Kier molecular flexibility index (Phi) is 7.09. The number of hydrogen-bond donors (Lipinski definition) is 3. The van der Waals surface area contributed by atoms with E-state index in [1.54, 1.807) is 24.3 Å². The lowest BCUT2D eigenvalue weighted by Gasteiger charge is -2.13. The molecule has 4 rings (SSSR count). The highest BCUT2D eigenvalue weighted by molar-refractivity contribution is 7.80. The summed E-state index contributed by atoms with van der Waals surface area (Å²) in [6.07, 6.45) is 2.30. The number of ether oxygens (including phenoxy) is 1. The van der Waals surface area contributed by atoms with Crippen molar-refractivity contribution in [3.8, 4) is 0 Å². The number of rotatable bonds is 6. The molecule has 2 amide bonds. The zero-order valence-corrected chi connectivity index (χ0v) is 18.4. The van der Waals surface area contributed by atoms with Crippen molar-refractivity contribution in [2.75, 3.05) is 18.5 Å². The molecule has 1 aliphatic heterocycles. The molecule has 1 saturated heterocycles. The Hall–Kier alpha value is -3.29. The third kappa shape index (κ3) is 5.69. The lowest BCUT2D eigenvalue weighted by Crippen LogP contribution is -2.35. The van der Waals surface area contributed by atoms with Crippen LogP contribution in [0.5, 0.6) is 0 Å². The van der Waals surface area contributed by atoms with E-state index in [9.17, 15) is 9.59 Å². The molecule has 0 saturated carbocycles. The summed E-state index contributed by atoms with van der Waals surface area (Å²) in [6.45, 7) is 1.25. The van der Waals surface area contributed by atoms with Crippen molar-refractivity contribution in [2.24, 2.45) is 0 Å². The lowest BCUT2D eigenvalue weighted by atomic mass is 10.0. The van der Waals surface area contributed by atoms with Gasteiger partial charge in [0.25, 0.3) is 5.91 Å². The topological polar surface area (TPSA) is 79.5 Å². The monoisotopic (exact) mass is 447 g/mol. The number of benzene rings is 3. The van der Waals surface area contributed by atoms with E-state index in [4.69, 9.17) is 17.0 Å². The maximum absolute atomic E-state index is 12.5. The number of carbonyl (C=O) groups is 2. The van der Waals surface area contributed by atoms with Gasteiger partial charge in [0, 0.05) is 24.4 Å². The van der Waals surface area contributed by atoms with Crippen LogP contribution in [0.25, 0.3) is 10.8 Å². The van der Waals surface area contributed by atoms with E-state index < -0.39 is 0 Å². The molecular formula is C25H25N3O3S. The van der Waals surface area contributed by atoms with Gasteiger partial charge >= 0.3 is 0 Å². The maximum atomic E-state index is 12.5. The van der Waals surface area contributed by atoms with Crippen LogP contribution in [0.1, 0.15) is 28.8 Å². The van der Waals surface area contributed by atoms with Crippen LogP contribution in [0.4, 0.5) is 5.69 Å². The van der Waals surface area contributed by atoms with Crippen LogP contribution in [-0.4, -0.2) is 36.2 Å². The van der Waals surface area contributed by atoms with Crippen molar-refractivity contribution >= 4 is 45.6 Å². The third-order valence-electron chi connectivity index (χ3n) is 5.38. The maximum Gasteiger partial charge on any atom is 0.251 e. The summed E-state index contributed by atoms with van der Waals surface area (Å²) in [4.78, 5) is 25.0. The average Bonchev–Trinajstić information content (AvgIpc) is 3.31. The Morgan fingerprint density at radius 2 is 1.84 bits per heavy atom. The van der Waals surface area contributed by atoms with Gasteiger partial charge in [-0.3, -0.25) is 9.59 Å². The first-order chi connectivity index (χ1) is 15.6. The van der Waals surface area contributed by atoms with Gasteiger partial charge in [0.1, 0.15) is 0 Å². The second-order valence-corrected chi connectivity index (χ2v) is 8.15. The summed E-state index contributed by atoms with van der Waals surface area (Å²) in [5, 5.41) is 10.9. The Labute approximate surface area is 192 Å². The molecule has 0 spiro atoms. The van der Waals surface area contributed by atoms with Crippen molar-refractivity contribution in [1.29, 1.82) is 0 Å². The van der Waals surface area contributed by atoms with Gasteiger partial charge in [0.2, 0.25) is 5.91 Å². The zero-order valence-electron chi connectivity index (χ0n) is 17.6. The van der Waals surface area contributed by atoms with Crippen LogP contribution in [0.3, 0.4) is 0 Å². The molecule has 7 heteroatoms. The predicted molar refractivity (Wildman–Crippen MR) is 130 cm³/mol. The first-order valence-corrected chi connectivity index (χ1v) is 11.1. The Bertz CT molecular complexity index is 1140. The smallest absolute Gasteiger partial charge is 0.251 e. The molecule has 1 fully saturated rings. The van der Waals surface area contributed by atoms with E-state index in [-0.39, 0.29) is 29.5 Å². The van der Waals surface area contributed by atoms with E-state index >= 15 is 0 Å². The highest BCUT2D eigenvalue weighted by Crippen LogP contribution is 2.19. The fraction of sp³-hybridized carbons (Fsp3) is 0.240. The molecule has 1 aliphatic rings. The van der Waals surface area contributed by atoms with Crippen molar-refractivity contribution in [2.45, 2.75) is 25.4 Å². The van der Waals surface area contributed by atoms with Gasteiger partial charge < -0.3 is 20.7 Å². The van der Waals surface area contributed by atoms with Crippen LogP contribution >= 0.6 is 12.2 Å². The summed E-state index contributed by atoms with van der Waals surface area (Å²) in [6, 6.07) is 20.9. The molecule has 32 heavy (non-hydrogen) atoms. The van der Waals surface area contributed by atoms with E-state index in [1.165, 1.54) is 0 Å². The molecule has 1 atom stereocenters. The van der Waals surface area contributed by atoms with Gasteiger partial charge in [-0.15, -0.1) is 0 Å². The van der Waals surface area contributed by atoms with Gasteiger partial charge in [-0.2, -0.15) is 0 Å². The Morgan fingerprint density at radius 3 is 2.69 bits per heavy atom. The Balaban J connectivity index is 1.32. The van der Waals surface area contributed by atoms with Crippen LogP contribution < -0.4 is 16.0 Å². The molecule has 0 radical (unpaired) electrons. The number of hydrogen-bond acceptors (Lipinski definition) is 4. The highest BCUT2D eigenvalue weighted by atomic mass is 32.1. The van der Waals surface area contributed by atoms with Crippen molar-refractivity contribution in [1.82, 2.24) is 10.6 Å². The van der Waals surface area contributed by atoms with Gasteiger partial charge in [-0.05, 0) is 59.6 Å². The number of thiocarbonyl (C=S) groups is 1. The summed E-state index contributed by atoms with van der Waals surface area (Å²) in [7, 11) is 0. The molecule has 1 unspecified atom stereocenters. The standard InChI is InChI=1S/C25H25N3O3S/c29-23(15-18-8-3-7-17-6-1-2-12-22(17)18)28-25(32)27-20-10-4-9-19(14-20)24(30)26-16-21-11-5-13-31-21/h1-4,6-10,12,14,21H,5,11,13,15-16H2,(H,26,30)(H2,27,28,29,32). The van der Waals surface area contributed by atoms with E-state index in [0.29, 0.717) is 17.8 Å². The number of anilines is 1. The number of fused-ring (bicyclic) bond motifs is 1. The molecule has 0 aliphatic carbocycles. The number of amides is 2. The molecule has 3 aromatic rings. The fourth-order valence-electron chi connectivity index (χ4n) is 3.80. The van der Waals surface area contributed by atoms with E-state index in [0.717, 1.165) is 35.8 Å². The van der Waals surface area contributed by atoms with Crippen molar-refractivity contribution < 1.29 is 14.3 Å². The third-order valence-corrected chi connectivity index (χ3v) is 5.58. The minimum absolute atomic E-state index is 0.0878. The quantitative estimate of drug-likeness (QED) is 0.501. The summed E-state index contributed by atoms with van der Waals surface area (Å²) >= 11 is 5.30. The number of carbonyl (C=O) groups excluding carboxylic acids is 2. The highest BCUT2D eigenvalue weighted by Gasteiger charge is 2.17. The fourth-order valence-corrected chi connectivity index (χ4v) is 4.04. The van der Waals surface area contributed by atoms with Gasteiger partial charge in [-0.1, -0.05) is 48.5 Å². The summed E-state index contributed by atoms with van der Waals surface area (Å²) in [5.74, 6) is -0.376. The second kappa shape index (κ2) is 10.3. The van der Waals surface area contributed by atoms with E-state index in [1.807, 2.05) is 42.5 Å². The molecular weight excluding hydrogens is 422 g/mol. The van der Waals surface area contributed by atoms with Crippen LogP contribution in [0.15, 0.2) is 66.7 Å². The Morgan fingerprint density at radius 1 is 1.03 bits per heavy atom. The second-order valence-electron chi connectivity index (χ2n) is 7.74. The predicted octanol–water partition coefficient (Wildman–Crippen LogP) is 3.80. The molecule has 1 heterocycles. The number of nitrogens with one attached hydrogen (secondary N) is 3. The largest absolute Gasteiger partial charge is 0.376 e. The first-order valence-electron chi connectivity index (χ1n) is 10.7. The normalized spacial score (nSPS) is 15.3. The van der Waals surface area contributed by atoms with E-state index in [2.05, 4.69) is 16.0 Å². The van der Waals surface area contributed by atoms with Crippen molar-refractivity contribution in [3.63, 3.8) is 0 Å². The molecule has 6 nitrogen and oxygen atoms in total. The van der Waals surface area contributed by atoms with Gasteiger partial charge in [0.15, 0.2) is 5.11 Å². The minimum atomic E-state index is -0.204. The minimum Gasteiger partial charge on any atom is -0.376 e. The van der Waals surface area contributed by atoms with Crippen molar-refractivity contribution in [3.05, 3.63) is 77.9 Å². The van der Waals surface area contributed by atoms with Crippen LogP contribution in [0, 0.1) is 0 Å². The zero-order chi connectivity index (χ0) is 22.3. The molecule has 3 aromatic carbocycles. The van der Waals surface area contributed by atoms with Crippen LogP contribution in [0.2, 0.25) is 0 Å². The average molecular weight is 448 g/mol. The molecule has 0 aromatic heterocycles. The van der Waals surface area contributed by atoms with Gasteiger partial charge in [-0.25, -0.2) is 0 Å². The molecule has 164 valence electrons. The van der Waals surface area contributed by atoms with Crippen LogP contribution in [-0.2, 0) is 16.0 Å². The lowest BCUT2D eigenvalue weighted by molar-refractivity contribution is -0.119. The summed E-state index contributed by atoms with van der Waals surface area (Å²) < 4.78 is 5.53. The SMILES string of the molecule is O=C(Cc1cccc2ccccc12)NC(=S)Nc1cccc(C(=O)NCC2CCCO2)c1. The first kappa shape index (κ1) is 21.9. The molecule has 0 bridgehead atoms.